The minimum atomic E-state index is -1.27. The van der Waals surface area contributed by atoms with Crippen LogP contribution in [0, 0.1) is 12.8 Å². The van der Waals surface area contributed by atoms with Gasteiger partial charge in [-0.3, -0.25) is 14.4 Å². The predicted octanol–water partition coefficient (Wildman–Crippen LogP) is 5.60. The molecule has 3 aromatic carbocycles. The van der Waals surface area contributed by atoms with Crippen molar-refractivity contribution < 1.29 is 14.4 Å². The van der Waals surface area contributed by atoms with Gasteiger partial charge in [-0.25, -0.2) is 0 Å². The van der Waals surface area contributed by atoms with Gasteiger partial charge in [0.25, 0.3) is 0 Å². The van der Waals surface area contributed by atoms with Gasteiger partial charge in [0.15, 0.2) is 11.6 Å². The monoisotopic (exact) mass is 496 g/mol. The molecular formula is C30H25ClN2O3. The number of hydrogen-bond acceptors (Lipinski definition) is 4. The van der Waals surface area contributed by atoms with Gasteiger partial charge in [0.05, 0.1) is 18.0 Å². The van der Waals surface area contributed by atoms with Crippen LogP contribution < -0.4 is 10.2 Å². The molecule has 0 radical (unpaired) electrons. The van der Waals surface area contributed by atoms with E-state index in [0.29, 0.717) is 16.3 Å². The normalized spacial score (nSPS) is 25.7. The summed E-state index contributed by atoms with van der Waals surface area (Å²) in [4.78, 5) is 43.9. The standard InChI is InChI=1S/C30H25ClN2O3/c1-16-8-13-24-21(14-16)17(2)15-25-30(22-6-4-5-7-23(22)32-29(30)36)26(27(18(3)34)33(24)25)28(35)19-9-11-20(31)12-10-19/h4-15,25-27H,1-3H3,(H,32,36)/t25-,26+,27-,30-/m1/s1. The Morgan fingerprint density at radius 2 is 1.72 bits per heavy atom. The van der Waals surface area contributed by atoms with Crippen molar-refractivity contribution in [1.82, 2.24) is 0 Å². The van der Waals surface area contributed by atoms with Crippen LogP contribution in [0.25, 0.3) is 5.57 Å². The highest BCUT2D eigenvalue weighted by Crippen LogP contribution is 2.58. The van der Waals surface area contributed by atoms with Crippen molar-refractivity contribution in [1.29, 1.82) is 0 Å². The van der Waals surface area contributed by atoms with Crippen LogP contribution in [0.4, 0.5) is 11.4 Å². The lowest BCUT2D eigenvalue weighted by molar-refractivity contribution is -0.122. The Bertz CT molecular complexity index is 1490. The third kappa shape index (κ3) is 2.93. The summed E-state index contributed by atoms with van der Waals surface area (Å²) in [6.07, 6.45) is 2.06. The van der Waals surface area contributed by atoms with Crippen molar-refractivity contribution in [3.8, 4) is 0 Å². The van der Waals surface area contributed by atoms with E-state index in [1.54, 1.807) is 24.3 Å². The molecule has 4 atom stereocenters. The maximum absolute atomic E-state index is 14.4. The molecule has 1 spiro atoms. The van der Waals surface area contributed by atoms with Crippen molar-refractivity contribution in [2.45, 2.75) is 38.3 Å². The maximum atomic E-state index is 14.4. The summed E-state index contributed by atoms with van der Waals surface area (Å²) >= 11 is 6.10. The summed E-state index contributed by atoms with van der Waals surface area (Å²) < 4.78 is 0. The van der Waals surface area contributed by atoms with E-state index in [-0.39, 0.29) is 17.5 Å². The number of halogens is 1. The Hall–Kier alpha value is -3.70. The van der Waals surface area contributed by atoms with Gasteiger partial charge in [0, 0.05) is 27.5 Å². The quantitative estimate of drug-likeness (QED) is 0.479. The zero-order valence-corrected chi connectivity index (χ0v) is 21.0. The summed E-state index contributed by atoms with van der Waals surface area (Å²) in [5, 5.41) is 3.55. The van der Waals surface area contributed by atoms with E-state index in [2.05, 4.69) is 17.5 Å². The minimum absolute atomic E-state index is 0.152. The average molecular weight is 497 g/mol. The first-order chi connectivity index (χ1) is 17.2. The Labute approximate surface area is 214 Å². The summed E-state index contributed by atoms with van der Waals surface area (Å²) in [6.45, 7) is 5.57. The second-order valence-electron chi connectivity index (χ2n) is 10.00. The highest BCUT2D eigenvalue weighted by Gasteiger charge is 2.70. The molecule has 3 aliphatic heterocycles. The first-order valence-electron chi connectivity index (χ1n) is 12.0. The van der Waals surface area contributed by atoms with Gasteiger partial charge in [-0.15, -0.1) is 0 Å². The van der Waals surface area contributed by atoms with Gasteiger partial charge >= 0.3 is 0 Å². The molecule has 0 unspecified atom stereocenters. The largest absolute Gasteiger partial charge is 0.352 e. The van der Waals surface area contributed by atoms with E-state index < -0.39 is 23.4 Å². The lowest BCUT2D eigenvalue weighted by Gasteiger charge is -2.39. The van der Waals surface area contributed by atoms with E-state index >= 15 is 0 Å². The Balaban J connectivity index is 1.68. The number of para-hydroxylation sites is 1. The molecule has 6 heteroatoms. The fraction of sp³-hybridized carbons (Fsp3) is 0.233. The molecule has 180 valence electrons. The molecule has 0 bridgehead atoms. The van der Waals surface area contributed by atoms with Crippen molar-refractivity contribution >= 4 is 46.0 Å². The molecule has 36 heavy (non-hydrogen) atoms. The second kappa shape index (κ2) is 7.90. The average Bonchev–Trinajstić information content (AvgIpc) is 3.32. The number of ketones is 2. The number of aryl methyl sites for hydroxylation is 1. The van der Waals surface area contributed by atoms with E-state index in [9.17, 15) is 14.4 Å². The van der Waals surface area contributed by atoms with E-state index in [1.165, 1.54) is 6.92 Å². The van der Waals surface area contributed by atoms with Crippen molar-refractivity contribution in [3.63, 3.8) is 0 Å². The Morgan fingerprint density at radius 1 is 1.00 bits per heavy atom. The Kier molecular flexibility index (Phi) is 4.99. The third-order valence-electron chi connectivity index (χ3n) is 7.96. The smallest absolute Gasteiger partial charge is 0.238 e. The molecule has 3 aliphatic rings. The van der Waals surface area contributed by atoms with Gasteiger partial charge < -0.3 is 10.2 Å². The predicted molar refractivity (Wildman–Crippen MR) is 142 cm³/mol. The zero-order chi connectivity index (χ0) is 25.4. The number of rotatable bonds is 3. The highest BCUT2D eigenvalue weighted by molar-refractivity contribution is 6.30. The van der Waals surface area contributed by atoms with Crippen LogP contribution >= 0.6 is 11.6 Å². The first-order valence-corrected chi connectivity index (χ1v) is 12.4. The summed E-state index contributed by atoms with van der Waals surface area (Å²) in [5.41, 5.74) is 4.60. The summed E-state index contributed by atoms with van der Waals surface area (Å²) in [5.74, 6) is -1.58. The molecule has 0 aliphatic carbocycles. The molecule has 1 N–H and O–H groups in total. The fourth-order valence-corrected chi connectivity index (χ4v) is 6.62. The van der Waals surface area contributed by atoms with Crippen molar-refractivity contribution in [3.05, 3.63) is 100 Å². The molecule has 1 fully saturated rings. The molecule has 5 nitrogen and oxygen atoms in total. The third-order valence-corrected chi connectivity index (χ3v) is 8.21. The van der Waals surface area contributed by atoms with Gasteiger partial charge in [-0.1, -0.05) is 47.5 Å². The van der Waals surface area contributed by atoms with Crippen LogP contribution in [0.2, 0.25) is 5.02 Å². The van der Waals surface area contributed by atoms with E-state index in [0.717, 1.165) is 28.0 Å². The number of benzene rings is 3. The molecule has 0 saturated carbocycles. The molecule has 6 rings (SSSR count). The molecule has 3 heterocycles. The number of hydrogen-bond donors (Lipinski definition) is 1. The number of fused-ring (bicyclic) bond motifs is 6. The van der Waals surface area contributed by atoms with Crippen molar-refractivity contribution in [2.24, 2.45) is 5.92 Å². The Morgan fingerprint density at radius 3 is 2.44 bits per heavy atom. The summed E-state index contributed by atoms with van der Waals surface area (Å²) in [7, 11) is 0. The lowest BCUT2D eigenvalue weighted by atomic mass is 9.64. The number of anilines is 2. The second-order valence-corrected chi connectivity index (χ2v) is 10.4. The maximum Gasteiger partial charge on any atom is 0.238 e. The van der Waals surface area contributed by atoms with Crippen LogP contribution in [0.1, 0.15) is 40.9 Å². The number of allylic oxidation sites excluding steroid dienone is 1. The molecule has 1 saturated heterocycles. The number of Topliss-reactive ketones (excluding diaryl/α,β-unsaturated/α-hetero) is 2. The number of amides is 1. The first kappa shape index (κ1) is 22.7. The van der Waals surface area contributed by atoms with Crippen LogP contribution in [0.5, 0.6) is 0 Å². The molecule has 3 aromatic rings. The molecule has 0 aromatic heterocycles. The van der Waals surface area contributed by atoms with Gasteiger partial charge in [-0.05, 0) is 74.4 Å². The van der Waals surface area contributed by atoms with Gasteiger partial charge in [0.2, 0.25) is 5.91 Å². The summed E-state index contributed by atoms with van der Waals surface area (Å²) in [6, 6.07) is 19.0. The number of nitrogens with one attached hydrogen (secondary N) is 1. The topological polar surface area (TPSA) is 66.5 Å². The molecular weight excluding hydrogens is 472 g/mol. The highest BCUT2D eigenvalue weighted by atomic mass is 35.5. The fourth-order valence-electron chi connectivity index (χ4n) is 6.49. The lowest BCUT2D eigenvalue weighted by Crippen LogP contribution is -2.51. The number of carbonyl (C=O) groups excluding carboxylic acids is 3. The van der Waals surface area contributed by atoms with Crippen LogP contribution in [-0.2, 0) is 15.0 Å². The number of nitrogens with zero attached hydrogens (tertiary/aromatic N) is 1. The van der Waals surface area contributed by atoms with Crippen molar-refractivity contribution in [2.75, 3.05) is 10.2 Å². The van der Waals surface area contributed by atoms with Crippen LogP contribution in [0.3, 0.4) is 0 Å². The van der Waals surface area contributed by atoms with E-state index in [1.807, 2.05) is 55.1 Å². The van der Waals surface area contributed by atoms with Gasteiger partial charge in [-0.2, -0.15) is 0 Å². The van der Waals surface area contributed by atoms with Gasteiger partial charge in [0.1, 0.15) is 5.41 Å². The van der Waals surface area contributed by atoms with Crippen LogP contribution in [-0.4, -0.2) is 29.6 Å². The van der Waals surface area contributed by atoms with E-state index in [4.69, 9.17) is 11.6 Å². The zero-order valence-electron chi connectivity index (χ0n) is 20.2. The SMILES string of the molecule is CC(=O)[C@@H]1[C@@H](C(=O)c2ccc(Cl)cc2)[C@]2(C(=O)Nc3ccccc32)[C@H]2C=C(C)c3cc(C)ccc3N12. The van der Waals surface area contributed by atoms with Crippen LogP contribution in [0.15, 0.2) is 72.8 Å². The molecule has 1 amide bonds. The minimum Gasteiger partial charge on any atom is -0.352 e. The number of carbonyl (C=O) groups is 3.